The molecule has 0 saturated heterocycles. The van der Waals surface area contributed by atoms with E-state index in [4.69, 9.17) is 11.6 Å². The second kappa shape index (κ2) is 7.02. The molecule has 4 nitrogen and oxygen atoms in total. The van der Waals surface area contributed by atoms with E-state index in [0.717, 1.165) is 21.4 Å². The van der Waals surface area contributed by atoms with Crippen molar-refractivity contribution in [3.8, 4) is 0 Å². The topological polar surface area (TPSA) is 49.4 Å². The molecule has 0 radical (unpaired) electrons. The van der Waals surface area contributed by atoms with Gasteiger partial charge in [0.05, 0.1) is 17.1 Å². The first-order valence-corrected chi connectivity index (χ1v) is 9.49. The molecule has 0 fully saturated rings. The Morgan fingerprint density at radius 3 is 2.69 bits per heavy atom. The normalized spacial score (nSPS) is 13.4. The predicted octanol–water partition coefficient (Wildman–Crippen LogP) is 4.57. The third kappa shape index (κ3) is 3.16. The largest absolute Gasteiger partial charge is 0.323 e. The minimum absolute atomic E-state index is 0.0344. The van der Waals surface area contributed by atoms with Gasteiger partial charge in [-0.3, -0.25) is 9.59 Å². The van der Waals surface area contributed by atoms with Gasteiger partial charge in [0, 0.05) is 15.3 Å². The molecule has 0 atom stereocenters. The zero-order valence-corrected chi connectivity index (χ0v) is 15.3. The zero-order valence-electron chi connectivity index (χ0n) is 13.7. The molecule has 0 bridgehead atoms. The number of hydrogen-bond donors (Lipinski definition) is 1. The van der Waals surface area contributed by atoms with E-state index in [1.165, 1.54) is 16.7 Å². The Balaban J connectivity index is 1.58. The van der Waals surface area contributed by atoms with E-state index in [9.17, 15) is 9.59 Å². The van der Waals surface area contributed by atoms with Crippen molar-refractivity contribution in [3.63, 3.8) is 0 Å². The second-order valence-electron chi connectivity index (χ2n) is 5.93. The van der Waals surface area contributed by atoms with Gasteiger partial charge in [-0.05, 0) is 29.7 Å². The first-order valence-electron chi connectivity index (χ1n) is 8.13. The molecule has 4 rings (SSSR count). The summed E-state index contributed by atoms with van der Waals surface area (Å²) in [5, 5.41) is 5.45. The molecular weight excluding hydrogens is 368 g/mol. The molecule has 3 aromatic carbocycles. The summed E-state index contributed by atoms with van der Waals surface area (Å²) in [7, 11) is 0. The molecule has 0 unspecified atom stereocenters. The number of hydrogen-bond acceptors (Lipinski definition) is 3. The lowest BCUT2D eigenvalue weighted by Gasteiger charge is -2.29. The van der Waals surface area contributed by atoms with Gasteiger partial charge >= 0.3 is 0 Å². The number of thioether (sulfide) groups is 1. The number of fused-ring (bicyclic) bond motifs is 2. The molecule has 3 aromatic rings. The number of para-hydroxylation sites is 2. The van der Waals surface area contributed by atoms with E-state index in [2.05, 4.69) is 5.32 Å². The van der Waals surface area contributed by atoms with Crippen molar-refractivity contribution in [1.82, 2.24) is 0 Å². The molecule has 1 aliphatic heterocycles. The van der Waals surface area contributed by atoms with Gasteiger partial charge in [0.15, 0.2) is 0 Å². The van der Waals surface area contributed by atoms with Crippen molar-refractivity contribution in [2.45, 2.75) is 4.90 Å². The first kappa shape index (κ1) is 16.9. The lowest BCUT2D eigenvalue weighted by atomic mass is 10.1. The summed E-state index contributed by atoms with van der Waals surface area (Å²) in [5.41, 5.74) is 1.39. The first-order chi connectivity index (χ1) is 12.6. The number of carbonyl (C=O) groups excluding carboxylic acids is 2. The van der Waals surface area contributed by atoms with Crippen molar-refractivity contribution in [3.05, 3.63) is 65.7 Å². The van der Waals surface area contributed by atoms with Crippen LogP contribution in [0, 0.1) is 0 Å². The number of rotatable bonds is 3. The summed E-state index contributed by atoms with van der Waals surface area (Å²) < 4.78 is 0. The van der Waals surface area contributed by atoms with Gasteiger partial charge in [-0.25, -0.2) is 0 Å². The van der Waals surface area contributed by atoms with E-state index in [1.54, 1.807) is 6.07 Å². The maximum absolute atomic E-state index is 12.8. The average molecular weight is 383 g/mol. The maximum Gasteiger partial charge on any atom is 0.244 e. The minimum atomic E-state index is -0.185. The molecule has 26 heavy (non-hydrogen) atoms. The van der Waals surface area contributed by atoms with Gasteiger partial charge in [0.25, 0.3) is 0 Å². The smallest absolute Gasteiger partial charge is 0.244 e. The van der Waals surface area contributed by atoms with Gasteiger partial charge in [0.2, 0.25) is 11.8 Å². The average Bonchev–Trinajstić information content (AvgIpc) is 2.65. The highest BCUT2D eigenvalue weighted by Crippen LogP contribution is 2.34. The molecule has 0 saturated carbocycles. The van der Waals surface area contributed by atoms with E-state index in [0.29, 0.717) is 10.7 Å². The number of nitrogens with one attached hydrogen (secondary N) is 1. The fourth-order valence-electron chi connectivity index (χ4n) is 3.06. The predicted molar refractivity (Wildman–Crippen MR) is 107 cm³/mol. The van der Waals surface area contributed by atoms with Crippen LogP contribution in [-0.4, -0.2) is 24.1 Å². The Kier molecular flexibility index (Phi) is 4.57. The highest BCUT2D eigenvalue weighted by molar-refractivity contribution is 8.00. The van der Waals surface area contributed by atoms with Gasteiger partial charge in [-0.2, -0.15) is 0 Å². The van der Waals surface area contributed by atoms with E-state index < -0.39 is 0 Å². The van der Waals surface area contributed by atoms with Crippen molar-refractivity contribution < 1.29 is 9.59 Å². The Hall–Kier alpha value is -2.50. The molecule has 0 spiro atoms. The van der Waals surface area contributed by atoms with Gasteiger partial charge < -0.3 is 10.2 Å². The Bertz CT molecular complexity index is 1020. The maximum atomic E-state index is 12.8. The third-order valence-electron chi connectivity index (χ3n) is 4.24. The molecule has 1 aliphatic rings. The fourth-order valence-corrected chi connectivity index (χ4v) is 4.38. The quantitative estimate of drug-likeness (QED) is 0.675. The van der Waals surface area contributed by atoms with Crippen LogP contribution in [0.3, 0.4) is 0 Å². The number of nitrogens with zero attached hydrogens (tertiary/aromatic N) is 1. The highest BCUT2D eigenvalue weighted by Gasteiger charge is 2.26. The summed E-state index contributed by atoms with van der Waals surface area (Å²) in [6, 6.07) is 19.0. The third-order valence-corrected chi connectivity index (χ3v) is 5.60. The molecule has 2 amide bonds. The Morgan fingerprint density at radius 1 is 1.08 bits per heavy atom. The van der Waals surface area contributed by atoms with Crippen molar-refractivity contribution in [2.24, 2.45) is 0 Å². The monoisotopic (exact) mass is 382 g/mol. The zero-order chi connectivity index (χ0) is 18.1. The molecule has 6 heteroatoms. The Morgan fingerprint density at radius 2 is 1.85 bits per heavy atom. The van der Waals surface area contributed by atoms with Crippen LogP contribution in [-0.2, 0) is 9.59 Å². The lowest BCUT2D eigenvalue weighted by Crippen LogP contribution is -2.43. The molecule has 1 heterocycles. The van der Waals surface area contributed by atoms with Gasteiger partial charge in [-0.15, -0.1) is 11.8 Å². The van der Waals surface area contributed by atoms with Crippen LogP contribution in [0.4, 0.5) is 11.4 Å². The number of carbonyl (C=O) groups is 2. The molecule has 1 N–H and O–H groups in total. The van der Waals surface area contributed by atoms with Crippen molar-refractivity contribution >= 4 is 57.3 Å². The number of halogens is 1. The molecule has 0 aliphatic carbocycles. The Labute approximate surface area is 160 Å². The number of benzene rings is 3. The fraction of sp³-hybridized carbons (Fsp3) is 0.100. The van der Waals surface area contributed by atoms with Crippen molar-refractivity contribution in [2.75, 3.05) is 22.5 Å². The van der Waals surface area contributed by atoms with E-state index >= 15 is 0 Å². The van der Waals surface area contributed by atoms with E-state index in [-0.39, 0.29) is 24.1 Å². The number of amides is 2. The van der Waals surface area contributed by atoms with Gasteiger partial charge in [-0.1, -0.05) is 48.0 Å². The van der Waals surface area contributed by atoms with Crippen LogP contribution in [0.25, 0.3) is 10.8 Å². The van der Waals surface area contributed by atoms with Crippen LogP contribution in [0.5, 0.6) is 0 Å². The van der Waals surface area contributed by atoms with E-state index in [1.807, 2.05) is 54.6 Å². The number of anilines is 2. The van der Waals surface area contributed by atoms with Crippen LogP contribution < -0.4 is 10.2 Å². The van der Waals surface area contributed by atoms with Crippen molar-refractivity contribution in [1.29, 1.82) is 0 Å². The van der Waals surface area contributed by atoms with Gasteiger partial charge in [0.1, 0.15) is 6.54 Å². The summed E-state index contributed by atoms with van der Waals surface area (Å²) in [6.45, 7) is 0.0344. The highest BCUT2D eigenvalue weighted by atomic mass is 35.5. The second-order valence-corrected chi connectivity index (χ2v) is 7.35. The molecular formula is C20H15ClN2O2S. The minimum Gasteiger partial charge on any atom is -0.323 e. The SMILES string of the molecule is O=C1CN(C(=O)CSc2cccc3cccc(Cl)c23)c2ccccc2N1. The summed E-state index contributed by atoms with van der Waals surface area (Å²) in [5.74, 6) is -0.0667. The molecule has 0 aromatic heterocycles. The standard InChI is InChI=1S/C20H15ClN2O2S/c21-14-7-3-5-13-6-4-10-17(20(13)14)26-12-19(25)23-11-18(24)22-15-8-1-2-9-16(15)23/h1-10H,11-12H2,(H,22,24). The summed E-state index contributed by atoms with van der Waals surface area (Å²) in [6.07, 6.45) is 0. The van der Waals surface area contributed by atoms with Crippen LogP contribution in [0.15, 0.2) is 65.6 Å². The molecule has 130 valence electrons. The van der Waals surface area contributed by atoms with Crippen LogP contribution in [0.1, 0.15) is 0 Å². The summed E-state index contributed by atoms with van der Waals surface area (Å²) in [4.78, 5) is 27.2. The lowest BCUT2D eigenvalue weighted by molar-refractivity contribution is -0.120. The van der Waals surface area contributed by atoms with Crippen LogP contribution in [0.2, 0.25) is 5.02 Å². The van der Waals surface area contributed by atoms with Crippen LogP contribution >= 0.6 is 23.4 Å². The summed E-state index contributed by atoms with van der Waals surface area (Å²) >= 11 is 7.79.